The smallest absolute Gasteiger partial charge is 0.228 e. The number of carbonyl (C=O) groups excluding carboxylic acids is 1. The minimum absolute atomic E-state index is 0.250. The largest absolute Gasteiger partial charge is 0.369 e. The summed E-state index contributed by atoms with van der Waals surface area (Å²) in [4.78, 5) is 11.0. The van der Waals surface area contributed by atoms with Crippen LogP contribution in [0, 0.1) is 48.4 Å². The Labute approximate surface area is 297 Å². The molecule has 0 aliphatic carbocycles. The van der Waals surface area contributed by atoms with Gasteiger partial charge in [0, 0.05) is 6.42 Å². The third-order valence-electron chi connectivity index (χ3n) is 8.02. The highest BCUT2D eigenvalue weighted by Gasteiger charge is 1.94. The van der Waals surface area contributed by atoms with Crippen molar-refractivity contribution in [3.63, 3.8) is 0 Å². The molecule has 0 spiro atoms. The first-order valence-corrected chi connectivity index (χ1v) is 19.1. The Bertz CT molecular complexity index is 1110. The van der Waals surface area contributed by atoms with E-state index in [2.05, 4.69) is 72.0 Å². The first kappa shape index (κ1) is 44.6. The van der Waals surface area contributed by atoms with Gasteiger partial charge in [-0.15, -0.1) is 12.8 Å². The standard InChI is InChI=1S/C46H66O2/c1-3-5-6-7-8-9-10-11-12-13-14-15-16-17-18-19-20-21-25-28-31-34-37-40-43-46(48)44-41-38-35-32-29-26-23-22-24-27-30-33-36-39-42-45(47)4-2/h1-2,5-6,21,23,25-26,34,37,39,42,46,48H,7-20,22,24,27-33,35-36,38H2/b6-5-,25-21-,26-23-,37-34+,42-39+. The van der Waals surface area contributed by atoms with Gasteiger partial charge in [-0.05, 0) is 108 Å². The molecule has 0 bridgehead atoms. The first-order chi connectivity index (χ1) is 23.7. The molecule has 0 aromatic rings. The van der Waals surface area contributed by atoms with Crippen molar-refractivity contribution in [2.24, 2.45) is 0 Å². The van der Waals surface area contributed by atoms with Crippen LogP contribution in [0.3, 0.4) is 0 Å². The second-order valence-corrected chi connectivity index (χ2v) is 12.5. The van der Waals surface area contributed by atoms with Gasteiger partial charge in [0.05, 0.1) is 0 Å². The lowest BCUT2D eigenvalue weighted by molar-refractivity contribution is -0.109. The molecule has 0 aliphatic heterocycles. The molecule has 48 heavy (non-hydrogen) atoms. The molecule has 0 aliphatic rings. The van der Waals surface area contributed by atoms with Gasteiger partial charge in [-0.1, -0.05) is 149 Å². The molecule has 2 heteroatoms. The van der Waals surface area contributed by atoms with E-state index in [1.54, 1.807) is 0 Å². The quantitative estimate of drug-likeness (QED) is 0.0276. The van der Waals surface area contributed by atoms with Crippen molar-refractivity contribution in [1.82, 2.24) is 0 Å². The third-order valence-corrected chi connectivity index (χ3v) is 8.02. The molecular formula is C46H66O2. The molecule has 2 nitrogen and oxygen atoms in total. The van der Waals surface area contributed by atoms with Crippen molar-refractivity contribution in [2.75, 3.05) is 0 Å². The molecule has 0 amide bonds. The zero-order valence-corrected chi connectivity index (χ0v) is 30.2. The Morgan fingerprint density at radius 2 is 0.917 bits per heavy atom. The lowest BCUT2D eigenvalue weighted by atomic mass is 10.0. The van der Waals surface area contributed by atoms with Crippen LogP contribution in [0.2, 0.25) is 0 Å². The summed E-state index contributed by atoms with van der Waals surface area (Å²) in [7, 11) is 0. The van der Waals surface area contributed by atoms with Crippen LogP contribution in [0.25, 0.3) is 0 Å². The summed E-state index contributed by atoms with van der Waals surface area (Å²) >= 11 is 0. The summed E-state index contributed by atoms with van der Waals surface area (Å²) in [6.07, 6.45) is 61.1. The van der Waals surface area contributed by atoms with Crippen LogP contribution in [0.4, 0.5) is 0 Å². The van der Waals surface area contributed by atoms with Crippen molar-refractivity contribution in [3.05, 3.63) is 60.8 Å². The molecular weight excluding hydrogens is 585 g/mol. The van der Waals surface area contributed by atoms with Crippen LogP contribution in [0.5, 0.6) is 0 Å². The number of ketones is 1. The molecule has 0 saturated carbocycles. The molecule has 0 heterocycles. The first-order valence-electron chi connectivity index (χ1n) is 19.1. The number of carbonyl (C=O) groups is 1. The van der Waals surface area contributed by atoms with Crippen molar-refractivity contribution in [3.8, 4) is 48.4 Å². The molecule has 0 aromatic heterocycles. The van der Waals surface area contributed by atoms with Gasteiger partial charge in [0.2, 0.25) is 5.78 Å². The number of aliphatic hydroxyl groups is 1. The van der Waals surface area contributed by atoms with Gasteiger partial charge in [0.1, 0.15) is 0 Å². The number of unbranched alkanes of at least 4 members (excludes halogenated alkanes) is 22. The van der Waals surface area contributed by atoms with Crippen LogP contribution in [-0.2, 0) is 4.79 Å². The van der Waals surface area contributed by atoms with Gasteiger partial charge in [0.15, 0.2) is 6.10 Å². The van der Waals surface area contributed by atoms with Crippen LogP contribution in [0.15, 0.2) is 60.8 Å². The second-order valence-electron chi connectivity index (χ2n) is 12.5. The van der Waals surface area contributed by atoms with Gasteiger partial charge < -0.3 is 5.11 Å². The Hall–Kier alpha value is -3.43. The van der Waals surface area contributed by atoms with E-state index in [0.717, 1.165) is 64.2 Å². The Kier molecular flexibility index (Phi) is 36.9. The highest BCUT2D eigenvalue weighted by molar-refractivity contribution is 6.03. The minimum Gasteiger partial charge on any atom is -0.369 e. The Balaban J connectivity index is 3.51. The van der Waals surface area contributed by atoms with Crippen molar-refractivity contribution in [2.45, 2.75) is 173 Å². The number of aliphatic hydroxyl groups excluding tert-OH is 1. The fourth-order valence-electron chi connectivity index (χ4n) is 5.17. The van der Waals surface area contributed by atoms with Crippen LogP contribution >= 0.6 is 0 Å². The minimum atomic E-state index is -0.871. The summed E-state index contributed by atoms with van der Waals surface area (Å²) in [6, 6.07) is 0. The second kappa shape index (κ2) is 39.7. The lowest BCUT2D eigenvalue weighted by Crippen LogP contribution is -1.97. The molecule has 0 aromatic carbocycles. The van der Waals surface area contributed by atoms with Gasteiger partial charge >= 0.3 is 0 Å². The van der Waals surface area contributed by atoms with Crippen molar-refractivity contribution < 1.29 is 9.90 Å². The average Bonchev–Trinajstić information content (AvgIpc) is 3.09. The monoisotopic (exact) mass is 651 g/mol. The summed E-state index contributed by atoms with van der Waals surface area (Å²) in [5.74, 6) is 16.0. The summed E-state index contributed by atoms with van der Waals surface area (Å²) in [5, 5.41) is 9.93. The maximum Gasteiger partial charge on any atom is 0.228 e. The molecule has 1 N–H and O–H groups in total. The summed E-state index contributed by atoms with van der Waals surface area (Å²) < 4.78 is 0. The fraction of sp³-hybridized carbons (Fsp3) is 0.587. The van der Waals surface area contributed by atoms with Crippen LogP contribution in [0.1, 0.15) is 167 Å². The zero-order chi connectivity index (χ0) is 34.9. The van der Waals surface area contributed by atoms with E-state index < -0.39 is 6.10 Å². The maximum absolute atomic E-state index is 11.0. The van der Waals surface area contributed by atoms with E-state index in [9.17, 15) is 9.90 Å². The van der Waals surface area contributed by atoms with Crippen molar-refractivity contribution in [1.29, 1.82) is 0 Å². The fourth-order valence-corrected chi connectivity index (χ4v) is 5.17. The molecule has 0 saturated heterocycles. The highest BCUT2D eigenvalue weighted by Crippen LogP contribution is 2.13. The predicted molar refractivity (Wildman–Crippen MR) is 210 cm³/mol. The van der Waals surface area contributed by atoms with Gasteiger partial charge in [-0.3, -0.25) is 4.79 Å². The van der Waals surface area contributed by atoms with Crippen molar-refractivity contribution >= 4 is 5.78 Å². The van der Waals surface area contributed by atoms with Crippen LogP contribution in [-0.4, -0.2) is 17.0 Å². The number of terminal acetylenes is 2. The molecule has 0 radical (unpaired) electrons. The molecule has 0 fully saturated rings. The zero-order valence-electron chi connectivity index (χ0n) is 30.2. The van der Waals surface area contributed by atoms with E-state index in [1.807, 2.05) is 18.2 Å². The van der Waals surface area contributed by atoms with E-state index in [4.69, 9.17) is 12.8 Å². The predicted octanol–water partition coefficient (Wildman–Crippen LogP) is 12.1. The Morgan fingerprint density at radius 3 is 1.44 bits per heavy atom. The van der Waals surface area contributed by atoms with E-state index in [0.29, 0.717) is 0 Å². The number of allylic oxidation sites excluding steroid dienone is 10. The average molecular weight is 651 g/mol. The van der Waals surface area contributed by atoms with Crippen LogP contribution < -0.4 is 0 Å². The lowest BCUT2D eigenvalue weighted by Gasteiger charge is -2.02. The maximum atomic E-state index is 11.0. The van der Waals surface area contributed by atoms with E-state index in [1.165, 1.54) is 109 Å². The normalized spacial score (nSPS) is 12.0. The number of rotatable bonds is 30. The Morgan fingerprint density at radius 1 is 0.500 bits per heavy atom. The van der Waals surface area contributed by atoms with Gasteiger partial charge in [-0.2, -0.15) is 0 Å². The molecule has 1 atom stereocenters. The van der Waals surface area contributed by atoms with E-state index in [-0.39, 0.29) is 5.78 Å². The molecule has 262 valence electrons. The van der Waals surface area contributed by atoms with E-state index >= 15 is 0 Å². The number of hydrogen-bond donors (Lipinski definition) is 1. The summed E-state index contributed by atoms with van der Waals surface area (Å²) in [6.45, 7) is 0. The number of hydrogen-bond acceptors (Lipinski definition) is 2. The summed E-state index contributed by atoms with van der Waals surface area (Å²) in [5.41, 5.74) is 0. The van der Waals surface area contributed by atoms with Gasteiger partial charge in [0.25, 0.3) is 0 Å². The van der Waals surface area contributed by atoms with Gasteiger partial charge in [-0.25, -0.2) is 0 Å². The topological polar surface area (TPSA) is 37.3 Å². The molecule has 1 unspecified atom stereocenters. The SMILES string of the molecule is C#C/C=C\CCCCCCCCCCCCCC/C=C\CC/C=C/C#CC(O)C#CCCCC/C=C\CCCCCC/C=C/C(=O)C#C. The third kappa shape index (κ3) is 38.8. The molecule has 0 rings (SSSR count). The highest BCUT2D eigenvalue weighted by atomic mass is 16.3.